The van der Waals surface area contributed by atoms with Gasteiger partial charge in [-0.1, -0.05) is 29.1 Å². The quantitative estimate of drug-likeness (QED) is 0.794. The molecule has 0 aliphatic rings. The monoisotopic (exact) mass is 301 g/mol. The van der Waals surface area contributed by atoms with Crippen molar-refractivity contribution in [2.45, 2.75) is 25.5 Å². The van der Waals surface area contributed by atoms with Crippen molar-refractivity contribution in [1.82, 2.24) is 5.32 Å². The Kier molecular flexibility index (Phi) is 5.96. The molecule has 19 heavy (non-hydrogen) atoms. The Balaban J connectivity index is 2.44. The van der Waals surface area contributed by atoms with Crippen molar-refractivity contribution < 1.29 is 9.84 Å². The van der Waals surface area contributed by atoms with Gasteiger partial charge in [-0.3, -0.25) is 5.32 Å². The molecule has 3 nitrogen and oxygen atoms in total. The summed E-state index contributed by atoms with van der Waals surface area (Å²) in [5.74, 6) is 3.03. The van der Waals surface area contributed by atoms with Crippen LogP contribution in [0.1, 0.15) is 13.8 Å². The lowest BCUT2D eigenvalue weighted by Gasteiger charge is -2.22. The SMILES string of the molecule is C#CC(C)(C)NCC(O)COc1cc(Cl)ccc1Cl. The fourth-order valence-corrected chi connectivity index (χ4v) is 1.59. The molecule has 1 aromatic carbocycles. The predicted molar refractivity (Wildman–Crippen MR) is 78.9 cm³/mol. The van der Waals surface area contributed by atoms with Crippen LogP contribution in [0.4, 0.5) is 0 Å². The lowest BCUT2D eigenvalue weighted by molar-refractivity contribution is 0.102. The van der Waals surface area contributed by atoms with Crippen LogP contribution in [-0.2, 0) is 0 Å². The topological polar surface area (TPSA) is 41.5 Å². The van der Waals surface area contributed by atoms with Crippen LogP contribution in [0.15, 0.2) is 18.2 Å². The molecule has 0 saturated carbocycles. The maximum Gasteiger partial charge on any atom is 0.139 e. The van der Waals surface area contributed by atoms with E-state index >= 15 is 0 Å². The van der Waals surface area contributed by atoms with Gasteiger partial charge in [0.25, 0.3) is 0 Å². The maximum absolute atomic E-state index is 9.80. The van der Waals surface area contributed by atoms with Crippen molar-refractivity contribution in [1.29, 1.82) is 0 Å². The van der Waals surface area contributed by atoms with E-state index in [4.69, 9.17) is 34.4 Å². The second-order valence-electron chi connectivity index (χ2n) is 4.69. The number of ether oxygens (including phenoxy) is 1. The minimum Gasteiger partial charge on any atom is -0.489 e. The average Bonchev–Trinajstić information content (AvgIpc) is 2.37. The summed E-state index contributed by atoms with van der Waals surface area (Å²) >= 11 is 11.8. The molecule has 0 radical (unpaired) electrons. The molecule has 0 aliphatic heterocycles. The number of terminal acetylenes is 1. The van der Waals surface area contributed by atoms with Crippen molar-refractivity contribution in [3.8, 4) is 18.1 Å². The average molecular weight is 302 g/mol. The number of halogens is 2. The van der Waals surface area contributed by atoms with E-state index < -0.39 is 11.6 Å². The summed E-state index contributed by atoms with van der Waals surface area (Å²) in [6.07, 6.45) is 4.64. The molecule has 0 fully saturated rings. The fourth-order valence-electron chi connectivity index (χ4n) is 1.26. The molecule has 0 bridgehead atoms. The van der Waals surface area contributed by atoms with Gasteiger partial charge in [0, 0.05) is 17.6 Å². The van der Waals surface area contributed by atoms with Gasteiger partial charge in [0.15, 0.2) is 0 Å². The highest BCUT2D eigenvalue weighted by Crippen LogP contribution is 2.27. The number of benzene rings is 1. The zero-order chi connectivity index (χ0) is 14.5. The molecule has 5 heteroatoms. The Labute approximate surface area is 123 Å². The number of rotatable bonds is 6. The summed E-state index contributed by atoms with van der Waals surface area (Å²) in [6, 6.07) is 4.92. The molecule has 1 rings (SSSR count). The molecule has 0 spiro atoms. The molecule has 1 aromatic rings. The lowest BCUT2D eigenvalue weighted by atomic mass is 10.1. The Bertz CT molecular complexity index is 469. The molecule has 2 N–H and O–H groups in total. The second-order valence-corrected chi connectivity index (χ2v) is 5.53. The van der Waals surface area contributed by atoms with Crippen LogP contribution in [0.25, 0.3) is 0 Å². The minimum atomic E-state index is -0.692. The van der Waals surface area contributed by atoms with Gasteiger partial charge in [-0.05, 0) is 26.0 Å². The summed E-state index contributed by atoms with van der Waals surface area (Å²) in [7, 11) is 0. The Morgan fingerprint density at radius 1 is 1.47 bits per heavy atom. The number of β-amino-alcohol motifs (C(OH)–C–C–N with tert-alkyl or cyclic N) is 1. The van der Waals surface area contributed by atoms with Crippen molar-refractivity contribution in [2.24, 2.45) is 0 Å². The van der Waals surface area contributed by atoms with E-state index in [2.05, 4.69) is 11.2 Å². The fraction of sp³-hybridized carbons (Fsp3) is 0.429. The van der Waals surface area contributed by atoms with Crippen molar-refractivity contribution in [3.05, 3.63) is 28.2 Å². The van der Waals surface area contributed by atoms with Crippen LogP contribution in [0.3, 0.4) is 0 Å². The largest absolute Gasteiger partial charge is 0.489 e. The standard InChI is InChI=1S/C14H17Cl2NO2/c1-4-14(2,3)17-8-11(18)9-19-13-7-10(15)5-6-12(13)16/h1,5-7,11,17-18H,8-9H2,2-3H3. The number of hydrogen-bond acceptors (Lipinski definition) is 3. The Morgan fingerprint density at radius 2 is 2.16 bits per heavy atom. The highest BCUT2D eigenvalue weighted by Gasteiger charge is 2.15. The van der Waals surface area contributed by atoms with Crippen LogP contribution in [0.5, 0.6) is 5.75 Å². The summed E-state index contributed by atoms with van der Waals surface area (Å²) in [5, 5.41) is 13.8. The van der Waals surface area contributed by atoms with Gasteiger partial charge >= 0.3 is 0 Å². The zero-order valence-electron chi connectivity index (χ0n) is 10.9. The van der Waals surface area contributed by atoms with Gasteiger partial charge in [-0.25, -0.2) is 0 Å². The second kappa shape index (κ2) is 7.02. The first-order chi connectivity index (χ1) is 8.84. The Hall–Kier alpha value is -0.920. The first kappa shape index (κ1) is 16.1. The first-order valence-electron chi connectivity index (χ1n) is 5.83. The van der Waals surface area contributed by atoms with E-state index in [9.17, 15) is 5.11 Å². The van der Waals surface area contributed by atoms with E-state index in [1.165, 1.54) is 0 Å². The first-order valence-corrected chi connectivity index (χ1v) is 6.58. The smallest absolute Gasteiger partial charge is 0.139 e. The predicted octanol–water partition coefficient (Wildman–Crippen LogP) is 2.73. The van der Waals surface area contributed by atoms with Gasteiger partial charge in [-0.2, -0.15) is 0 Å². The molecule has 1 atom stereocenters. The van der Waals surface area contributed by atoms with Crippen molar-refractivity contribution in [2.75, 3.05) is 13.2 Å². The molecule has 0 aliphatic carbocycles. The molecule has 0 aromatic heterocycles. The summed E-state index contributed by atoms with van der Waals surface area (Å²) in [4.78, 5) is 0. The summed E-state index contributed by atoms with van der Waals surface area (Å²) in [5.41, 5.74) is -0.464. The normalized spacial score (nSPS) is 12.8. The highest BCUT2D eigenvalue weighted by atomic mass is 35.5. The van der Waals surface area contributed by atoms with E-state index in [0.29, 0.717) is 22.3 Å². The van der Waals surface area contributed by atoms with Gasteiger partial charge in [0.05, 0.1) is 10.6 Å². The van der Waals surface area contributed by atoms with Gasteiger partial charge < -0.3 is 9.84 Å². The van der Waals surface area contributed by atoms with Crippen molar-refractivity contribution in [3.63, 3.8) is 0 Å². The van der Waals surface area contributed by atoms with E-state index in [1.54, 1.807) is 18.2 Å². The third kappa shape index (κ3) is 5.71. The number of nitrogens with one attached hydrogen (secondary N) is 1. The third-order valence-corrected chi connectivity index (χ3v) is 3.01. The van der Waals surface area contributed by atoms with E-state index in [0.717, 1.165) is 0 Å². The zero-order valence-corrected chi connectivity index (χ0v) is 12.4. The van der Waals surface area contributed by atoms with E-state index in [-0.39, 0.29) is 6.61 Å². The third-order valence-electron chi connectivity index (χ3n) is 2.46. The van der Waals surface area contributed by atoms with Crippen LogP contribution >= 0.6 is 23.2 Å². The molecular weight excluding hydrogens is 285 g/mol. The van der Waals surface area contributed by atoms with Crippen LogP contribution in [0.2, 0.25) is 10.0 Å². The van der Waals surface area contributed by atoms with Gasteiger partial charge in [-0.15, -0.1) is 6.42 Å². The van der Waals surface area contributed by atoms with E-state index in [1.807, 2.05) is 13.8 Å². The lowest BCUT2D eigenvalue weighted by Crippen LogP contribution is -2.43. The molecule has 0 saturated heterocycles. The molecule has 104 valence electrons. The molecule has 1 unspecified atom stereocenters. The summed E-state index contributed by atoms with van der Waals surface area (Å²) < 4.78 is 5.42. The number of aliphatic hydroxyl groups excluding tert-OH is 1. The van der Waals surface area contributed by atoms with Crippen LogP contribution < -0.4 is 10.1 Å². The van der Waals surface area contributed by atoms with Crippen LogP contribution in [0, 0.1) is 12.3 Å². The van der Waals surface area contributed by atoms with Gasteiger partial charge in [0.1, 0.15) is 18.5 Å². The number of hydrogen-bond donors (Lipinski definition) is 2. The Morgan fingerprint density at radius 3 is 2.79 bits per heavy atom. The molecular formula is C14H17Cl2NO2. The molecule has 0 heterocycles. The maximum atomic E-state index is 9.80. The number of aliphatic hydroxyl groups is 1. The van der Waals surface area contributed by atoms with Crippen LogP contribution in [-0.4, -0.2) is 29.9 Å². The molecule has 0 amide bonds. The minimum absolute atomic E-state index is 0.105. The summed E-state index contributed by atoms with van der Waals surface area (Å²) in [6.45, 7) is 4.14. The highest BCUT2D eigenvalue weighted by molar-refractivity contribution is 6.34. The van der Waals surface area contributed by atoms with Crippen molar-refractivity contribution >= 4 is 23.2 Å². The van der Waals surface area contributed by atoms with Gasteiger partial charge in [0.2, 0.25) is 0 Å².